The van der Waals surface area contributed by atoms with Gasteiger partial charge in [-0.15, -0.1) is 0 Å². The number of H-pyrrole nitrogens is 1. The minimum atomic E-state index is -0.176. The minimum Gasteiger partial charge on any atom is -0.396 e. The molecule has 1 amide bonds. The van der Waals surface area contributed by atoms with Gasteiger partial charge in [-0.2, -0.15) is 5.10 Å². The third-order valence-corrected chi connectivity index (χ3v) is 6.26. The number of fused-ring (bicyclic) bond motifs is 2. The van der Waals surface area contributed by atoms with Crippen molar-refractivity contribution in [2.24, 2.45) is 5.41 Å². The van der Waals surface area contributed by atoms with Gasteiger partial charge in [0, 0.05) is 30.1 Å². The maximum atomic E-state index is 12.9. The molecule has 3 heterocycles. The molecule has 0 aliphatic carbocycles. The van der Waals surface area contributed by atoms with E-state index in [0.29, 0.717) is 12.5 Å². The van der Waals surface area contributed by atoms with E-state index in [-0.39, 0.29) is 24.0 Å². The summed E-state index contributed by atoms with van der Waals surface area (Å²) >= 11 is 0. The van der Waals surface area contributed by atoms with Crippen molar-refractivity contribution in [1.29, 1.82) is 0 Å². The number of amides is 1. The van der Waals surface area contributed by atoms with Crippen molar-refractivity contribution in [3.05, 3.63) is 53.9 Å². The van der Waals surface area contributed by atoms with Gasteiger partial charge in [-0.3, -0.25) is 9.89 Å². The number of carbonyl (C=O) groups excluding carboxylic acids is 1. The van der Waals surface area contributed by atoms with Crippen molar-refractivity contribution in [3.63, 3.8) is 0 Å². The molecule has 2 aliphatic rings. The molecule has 5 heteroatoms. The molecule has 2 aliphatic heterocycles. The maximum absolute atomic E-state index is 12.9. The zero-order valence-corrected chi connectivity index (χ0v) is 15.1. The van der Waals surface area contributed by atoms with Gasteiger partial charge in [-0.1, -0.05) is 30.3 Å². The van der Waals surface area contributed by atoms with Crippen LogP contribution in [0.2, 0.25) is 0 Å². The number of aliphatic hydroxyl groups excluding tert-OH is 1. The van der Waals surface area contributed by atoms with Crippen molar-refractivity contribution in [3.8, 4) is 0 Å². The lowest BCUT2D eigenvalue weighted by Crippen LogP contribution is -2.43. The Morgan fingerprint density at radius 3 is 2.85 bits per heavy atom. The number of nitrogens with zero attached hydrogens (tertiary/aromatic N) is 2. The van der Waals surface area contributed by atoms with Crippen LogP contribution < -0.4 is 0 Å². The predicted molar refractivity (Wildman–Crippen MR) is 99.5 cm³/mol. The Hall–Kier alpha value is -2.14. The lowest BCUT2D eigenvalue weighted by atomic mass is 9.70. The van der Waals surface area contributed by atoms with Crippen molar-refractivity contribution in [1.82, 2.24) is 15.1 Å². The topological polar surface area (TPSA) is 69.2 Å². The molecule has 2 saturated heterocycles. The van der Waals surface area contributed by atoms with Gasteiger partial charge in [-0.05, 0) is 49.7 Å². The SMILES string of the molecule is O=C(CCCc1cn[nH]c1)N1[C@@H]2CC[C@H]1[C@](CO)(Cc1ccccc1)C2. The highest BCUT2D eigenvalue weighted by molar-refractivity contribution is 5.78. The molecule has 2 fully saturated rings. The van der Waals surface area contributed by atoms with Gasteiger partial charge < -0.3 is 10.0 Å². The van der Waals surface area contributed by atoms with E-state index in [4.69, 9.17) is 0 Å². The monoisotopic (exact) mass is 353 g/mol. The van der Waals surface area contributed by atoms with E-state index in [2.05, 4.69) is 27.2 Å². The smallest absolute Gasteiger partial charge is 0.223 e. The van der Waals surface area contributed by atoms with Crippen LogP contribution in [0, 0.1) is 5.41 Å². The number of aromatic nitrogens is 2. The third-order valence-electron chi connectivity index (χ3n) is 6.26. The number of hydrogen-bond donors (Lipinski definition) is 2. The van der Waals surface area contributed by atoms with Crippen LogP contribution in [-0.2, 0) is 17.6 Å². The standard InChI is InChI=1S/C21H27N3O2/c25-15-21(11-16-5-2-1-3-6-16)12-18-9-10-19(21)24(18)20(26)8-4-7-17-13-22-23-14-17/h1-3,5-6,13-14,18-19,25H,4,7-12,15H2,(H,22,23)/t18-,19+,21-/m1/s1. The van der Waals surface area contributed by atoms with Gasteiger partial charge in [0.25, 0.3) is 0 Å². The zero-order valence-electron chi connectivity index (χ0n) is 15.1. The summed E-state index contributed by atoms with van der Waals surface area (Å²) in [5.41, 5.74) is 2.22. The highest BCUT2D eigenvalue weighted by Gasteiger charge is 2.56. The number of benzene rings is 1. The normalized spacial score (nSPS) is 27.2. The van der Waals surface area contributed by atoms with E-state index in [1.165, 1.54) is 5.56 Å². The first-order valence-corrected chi connectivity index (χ1v) is 9.65. The van der Waals surface area contributed by atoms with Crippen LogP contribution in [0.1, 0.15) is 43.2 Å². The third kappa shape index (κ3) is 3.16. The number of carbonyl (C=O) groups is 1. The van der Waals surface area contributed by atoms with Gasteiger partial charge in [-0.25, -0.2) is 0 Å². The molecule has 4 rings (SSSR count). The van der Waals surface area contributed by atoms with Gasteiger partial charge >= 0.3 is 0 Å². The fourth-order valence-electron chi connectivity index (χ4n) is 5.07. The molecule has 5 nitrogen and oxygen atoms in total. The molecule has 0 spiro atoms. The van der Waals surface area contributed by atoms with Crippen molar-refractivity contribution >= 4 is 5.91 Å². The van der Waals surface area contributed by atoms with E-state index in [1.807, 2.05) is 30.6 Å². The minimum absolute atomic E-state index is 0.155. The summed E-state index contributed by atoms with van der Waals surface area (Å²) in [6.07, 6.45) is 9.88. The zero-order chi connectivity index (χ0) is 18.0. The summed E-state index contributed by atoms with van der Waals surface area (Å²) in [5.74, 6) is 0.254. The Kier molecular flexibility index (Phi) is 4.81. The Balaban J connectivity index is 1.42. The number of aromatic amines is 1. The van der Waals surface area contributed by atoms with E-state index in [9.17, 15) is 9.90 Å². The van der Waals surface area contributed by atoms with Crippen LogP contribution in [0.4, 0.5) is 0 Å². The summed E-state index contributed by atoms with van der Waals surface area (Å²) in [4.78, 5) is 15.0. The molecule has 1 aromatic carbocycles. The molecule has 2 bridgehead atoms. The van der Waals surface area contributed by atoms with Crippen molar-refractivity contribution < 1.29 is 9.90 Å². The van der Waals surface area contributed by atoms with Gasteiger partial charge in [0.2, 0.25) is 5.91 Å². The first-order chi connectivity index (χ1) is 12.7. The van der Waals surface area contributed by atoms with Gasteiger partial charge in [0.1, 0.15) is 0 Å². The number of rotatable bonds is 7. The van der Waals surface area contributed by atoms with Crippen LogP contribution in [0.3, 0.4) is 0 Å². The number of aliphatic hydroxyl groups is 1. The average Bonchev–Trinajstić information content (AvgIpc) is 3.38. The molecule has 26 heavy (non-hydrogen) atoms. The molecule has 0 unspecified atom stereocenters. The largest absolute Gasteiger partial charge is 0.396 e. The lowest BCUT2D eigenvalue weighted by Gasteiger charge is -2.36. The molecule has 2 N–H and O–H groups in total. The summed E-state index contributed by atoms with van der Waals surface area (Å²) in [6, 6.07) is 10.8. The molecule has 1 aromatic heterocycles. The van der Waals surface area contributed by atoms with Crippen molar-refractivity contribution in [2.75, 3.05) is 6.61 Å². The first kappa shape index (κ1) is 17.3. The predicted octanol–water partition coefficient (Wildman–Crippen LogP) is 2.72. The summed E-state index contributed by atoms with van der Waals surface area (Å²) in [7, 11) is 0. The Morgan fingerprint density at radius 1 is 1.27 bits per heavy atom. The molecule has 3 atom stereocenters. The fraction of sp³-hybridized carbons (Fsp3) is 0.524. The highest BCUT2D eigenvalue weighted by Crippen LogP contribution is 2.51. The summed E-state index contributed by atoms with van der Waals surface area (Å²) in [6.45, 7) is 0.155. The molecule has 0 saturated carbocycles. The Bertz CT molecular complexity index is 731. The molecular weight excluding hydrogens is 326 g/mol. The van der Waals surface area contributed by atoms with Crippen LogP contribution in [-0.4, -0.2) is 44.8 Å². The Morgan fingerprint density at radius 2 is 2.12 bits per heavy atom. The van der Waals surface area contributed by atoms with Crippen molar-refractivity contribution in [2.45, 2.75) is 57.0 Å². The van der Waals surface area contributed by atoms with E-state index < -0.39 is 0 Å². The second-order valence-corrected chi connectivity index (χ2v) is 7.90. The molecule has 2 aromatic rings. The van der Waals surface area contributed by atoms with Crippen LogP contribution in [0.15, 0.2) is 42.7 Å². The van der Waals surface area contributed by atoms with E-state index in [1.54, 1.807) is 0 Å². The fourth-order valence-corrected chi connectivity index (χ4v) is 5.07. The van der Waals surface area contributed by atoms with E-state index in [0.717, 1.165) is 44.1 Å². The quantitative estimate of drug-likeness (QED) is 0.804. The second-order valence-electron chi connectivity index (χ2n) is 7.90. The summed E-state index contributed by atoms with van der Waals surface area (Å²) in [5, 5.41) is 17.0. The number of aryl methyl sites for hydroxylation is 1. The van der Waals surface area contributed by atoms with Gasteiger partial charge in [0.05, 0.1) is 12.8 Å². The molecule has 138 valence electrons. The summed E-state index contributed by atoms with van der Waals surface area (Å²) < 4.78 is 0. The van der Waals surface area contributed by atoms with Crippen LogP contribution in [0.5, 0.6) is 0 Å². The highest BCUT2D eigenvalue weighted by atomic mass is 16.3. The molecular formula is C21H27N3O2. The number of hydrogen-bond acceptors (Lipinski definition) is 3. The first-order valence-electron chi connectivity index (χ1n) is 9.65. The maximum Gasteiger partial charge on any atom is 0.223 e. The van der Waals surface area contributed by atoms with Gasteiger partial charge in [0.15, 0.2) is 0 Å². The van der Waals surface area contributed by atoms with E-state index >= 15 is 0 Å². The lowest BCUT2D eigenvalue weighted by molar-refractivity contribution is -0.133. The molecule has 0 radical (unpaired) electrons. The van der Waals surface area contributed by atoms with Crippen LogP contribution in [0.25, 0.3) is 0 Å². The second kappa shape index (κ2) is 7.23. The average molecular weight is 353 g/mol. The van der Waals surface area contributed by atoms with Crippen LogP contribution >= 0.6 is 0 Å². The Labute approximate surface area is 154 Å². The number of nitrogens with one attached hydrogen (secondary N) is 1.